The van der Waals surface area contributed by atoms with Crippen molar-refractivity contribution in [2.75, 3.05) is 11.9 Å². The van der Waals surface area contributed by atoms with Crippen LogP contribution < -0.4 is 15.6 Å². The molecule has 0 unspecified atom stereocenters. The number of amides is 1. The summed E-state index contributed by atoms with van der Waals surface area (Å²) in [5, 5.41) is 19.8. The van der Waals surface area contributed by atoms with Crippen molar-refractivity contribution in [2.45, 2.75) is 0 Å². The number of aromatic nitrogens is 2. The van der Waals surface area contributed by atoms with Gasteiger partial charge >= 0.3 is 5.69 Å². The second-order valence-corrected chi connectivity index (χ2v) is 11.4. The van der Waals surface area contributed by atoms with E-state index in [-0.39, 0.29) is 34.0 Å². The maximum absolute atomic E-state index is 13.7. The van der Waals surface area contributed by atoms with E-state index in [2.05, 4.69) is 47.3 Å². The van der Waals surface area contributed by atoms with E-state index in [9.17, 15) is 24.1 Å². The highest BCUT2D eigenvalue weighted by atomic mass is 79.9. The van der Waals surface area contributed by atoms with Crippen molar-refractivity contribution in [1.82, 2.24) is 9.66 Å². The third-order valence-electron chi connectivity index (χ3n) is 6.48. The molecule has 0 fully saturated rings. The summed E-state index contributed by atoms with van der Waals surface area (Å²) in [5.74, 6) is -1.17. The number of anilines is 1. The molecule has 0 aliphatic rings. The first-order valence-corrected chi connectivity index (χ1v) is 14.7. The predicted molar refractivity (Wildman–Crippen MR) is 173 cm³/mol. The molecular formula is C31H18Br2FN5O6. The Morgan fingerprint density at radius 2 is 1.89 bits per heavy atom. The SMILES string of the molecule is O=C(COc1c(C=Nn2c(-c3cc4cc(Br)ccc4o3)nc3ccccc3c2=O)cc(Br)cc1[N+](=O)[O-])Nc1cccc(F)c1. The van der Waals surface area contributed by atoms with Crippen LogP contribution in [-0.2, 0) is 4.79 Å². The van der Waals surface area contributed by atoms with Crippen molar-refractivity contribution in [1.29, 1.82) is 0 Å². The van der Waals surface area contributed by atoms with Gasteiger partial charge < -0.3 is 14.5 Å². The Morgan fingerprint density at radius 1 is 1.07 bits per heavy atom. The van der Waals surface area contributed by atoms with E-state index in [1.807, 2.05) is 12.1 Å². The van der Waals surface area contributed by atoms with E-state index >= 15 is 0 Å². The summed E-state index contributed by atoms with van der Waals surface area (Å²) in [6.07, 6.45) is 1.19. The fraction of sp³-hybridized carbons (Fsp3) is 0.0323. The van der Waals surface area contributed by atoms with Gasteiger partial charge in [0, 0.05) is 31.6 Å². The van der Waals surface area contributed by atoms with Crippen LogP contribution in [0, 0.1) is 15.9 Å². The fourth-order valence-corrected chi connectivity index (χ4v) is 5.37. The van der Waals surface area contributed by atoms with Crippen LogP contribution in [0.15, 0.2) is 108 Å². The first-order valence-electron chi connectivity index (χ1n) is 13.1. The molecule has 0 bridgehead atoms. The summed E-state index contributed by atoms with van der Waals surface area (Å²) >= 11 is 6.70. The molecule has 0 aliphatic heterocycles. The lowest BCUT2D eigenvalue weighted by atomic mass is 10.2. The lowest BCUT2D eigenvalue weighted by Crippen LogP contribution is -2.21. The Kier molecular flexibility index (Phi) is 8.24. The van der Waals surface area contributed by atoms with Gasteiger partial charge in [0.1, 0.15) is 11.4 Å². The molecule has 11 nitrogen and oxygen atoms in total. The van der Waals surface area contributed by atoms with Gasteiger partial charge in [-0.2, -0.15) is 9.78 Å². The van der Waals surface area contributed by atoms with Crippen molar-refractivity contribution in [3.05, 3.63) is 126 Å². The molecule has 2 aromatic heterocycles. The number of benzene rings is 4. The highest BCUT2D eigenvalue weighted by Gasteiger charge is 2.22. The molecule has 0 saturated carbocycles. The molecule has 224 valence electrons. The summed E-state index contributed by atoms with van der Waals surface area (Å²) in [5.41, 5.74) is 0.253. The van der Waals surface area contributed by atoms with Crippen LogP contribution in [0.3, 0.4) is 0 Å². The van der Waals surface area contributed by atoms with Crippen LogP contribution in [-0.4, -0.2) is 33.3 Å². The van der Waals surface area contributed by atoms with Gasteiger partial charge in [-0.3, -0.25) is 19.7 Å². The Morgan fingerprint density at radius 3 is 2.69 bits per heavy atom. The standard InChI is InChI=1S/C31H18Br2FN5O6/c32-19-8-9-26-17(10-19)12-27(45-26)30-37-24-7-2-1-6-23(24)31(41)38(30)35-15-18-11-20(33)13-25(39(42)43)29(18)44-16-28(40)36-22-5-3-4-21(34)14-22/h1-15H,16H2,(H,36,40). The summed E-state index contributed by atoms with van der Waals surface area (Å²) in [6.45, 7) is -0.642. The average Bonchev–Trinajstić information content (AvgIpc) is 3.43. The van der Waals surface area contributed by atoms with E-state index in [1.54, 1.807) is 36.4 Å². The van der Waals surface area contributed by atoms with E-state index in [0.717, 1.165) is 20.6 Å². The Balaban J connectivity index is 1.42. The number of rotatable bonds is 8. The number of hydrogen-bond donors (Lipinski definition) is 1. The molecule has 0 aliphatic carbocycles. The number of nitro benzene ring substituents is 1. The summed E-state index contributed by atoms with van der Waals surface area (Å²) in [4.78, 5) is 42.2. The first-order chi connectivity index (χ1) is 21.7. The molecule has 1 amide bonds. The molecule has 0 spiro atoms. The van der Waals surface area contributed by atoms with Crippen molar-refractivity contribution >= 4 is 77.2 Å². The number of para-hydroxylation sites is 1. The van der Waals surface area contributed by atoms with Gasteiger partial charge in [0.25, 0.3) is 11.5 Å². The minimum absolute atomic E-state index is 0.0779. The number of nitro groups is 1. The van der Waals surface area contributed by atoms with E-state index in [4.69, 9.17) is 9.15 Å². The van der Waals surface area contributed by atoms with Crippen LogP contribution in [0.4, 0.5) is 15.8 Å². The topological polar surface area (TPSA) is 142 Å². The van der Waals surface area contributed by atoms with Crippen molar-refractivity contribution in [3.8, 4) is 17.3 Å². The van der Waals surface area contributed by atoms with Gasteiger partial charge in [0.15, 0.2) is 12.4 Å². The minimum atomic E-state index is -0.686. The zero-order valence-corrected chi connectivity index (χ0v) is 25.9. The molecule has 1 N–H and O–H groups in total. The number of fused-ring (bicyclic) bond motifs is 2. The summed E-state index contributed by atoms with van der Waals surface area (Å²) < 4.78 is 27.3. The first kappa shape index (κ1) is 29.8. The van der Waals surface area contributed by atoms with E-state index in [1.165, 1.54) is 36.5 Å². The lowest BCUT2D eigenvalue weighted by molar-refractivity contribution is -0.385. The van der Waals surface area contributed by atoms with Gasteiger partial charge in [0.05, 0.1) is 22.0 Å². The number of ether oxygens (including phenoxy) is 1. The van der Waals surface area contributed by atoms with Crippen LogP contribution in [0.2, 0.25) is 0 Å². The van der Waals surface area contributed by atoms with Gasteiger partial charge in [0.2, 0.25) is 11.6 Å². The zero-order chi connectivity index (χ0) is 31.7. The van der Waals surface area contributed by atoms with E-state index in [0.29, 0.717) is 15.6 Å². The molecule has 45 heavy (non-hydrogen) atoms. The molecule has 2 heterocycles. The number of hydrogen-bond acceptors (Lipinski definition) is 8. The third-order valence-corrected chi connectivity index (χ3v) is 7.43. The maximum atomic E-state index is 13.7. The minimum Gasteiger partial charge on any atom is -0.476 e. The fourth-order valence-electron chi connectivity index (χ4n) is 4.52. The van der Waals surface area contributed by atoms with E-state index < -0.39 is 34.5 Å². The van der Waals surface area contributed by atoms with Crippen LogP contribution in [0.1, 0.15) is 5.56 Å². The van der Waals surface area contributed by atoms with Crippen molar-refractivity contribution in [2.24, 2.45) is 5.10 Å². The quantitative estimate of drug-likeness (QED) is 0.0984. The van der Waals surface area contributed by atoms with Crippen molar-refractivity contribution < 1.29 is 23.3 Å². The lowest BCUT2D eigenvalue weighted by Gasteiger charge is -2.11. The number of nitrogens with one attached hydrogen (secondary N) is 1. The zero-order valence-electron chi connectivity index (χ0n) is 22.7. The molecular weight excluding hydrogens is 717 g/mol. The molecule has 4 aromatic carbocycles. The summed E-state index contributed by atoms with van der Waals surface area (Å²) in [7, 11) is 0. The second-order valence-electron chi connectivity index (χ2n) is 9.55. The number of carbonyl (C=O) groups is 1. The largest absolute Gasteiger partial charge is 0.476 e. The highest BCUT2D eigenvalue weighted by molar-refractivity contribution is 9.10. The molecule has 0 radical (unpaired) electrons. The highest BCUT2D eigenvalue weighted by Crippen LogP contribution is 2.34. The van der Waals surface area contributed by atoms with Crippen LogP contribution >= 0.6 is 31.9 Å². The maximum Gasteiger partial charge on any atom is 0.312 e. The van der Waals surface area contributed by atoms with Crippen molar-refractivity contribution in [3.63, 3.8) is 0 Å². The summed E-state index contributed by atoms with van der Waals surface area (Å²) in [6, 6.07) is 21.8. The van der Waals surface area contributed by atoms with Gasteiger partial charge in [-0.1, -0.05) is 50.1 Å². The van der Waals surface area contributed by atoms with Gasteiger partial charge in [-0.25, -0.2) is 9.37 Å². The molecule has 0 saturated heterocycles. The third kappa shape index (κ3) is 6.37. The van der Waals surface area contributed by atoms with Crippen LogP contribution in [0.25, 0.3) is 33.5 Å². The smallest absolute Gasteiger partial charge is 0.312 e. The Hall–Kier alpha value is -5.21. The number of furan rings is 1. The van der Waals surface area contributed by atoms with Gasteiger partial charge in [-0.15, -0.1) is 0 Å². The molecule has 14 heteroatoms. The Bertz CT molecular complexity index is 2230. The van der Waals surface area contributed by atoms with Crippen LogP contribution in [0.5, 0.6) is 5.75 Å². The normalized spacial score (nSPS) is 11.4. The monoisotopic (exact) mass is 733 g/mol. The predicted octanol–water partition coefficient (Wildman–Crippen LogP) is 7.28. The molecule has 6 rings (SSSR count). The number of nitrogens with zero attached hydrogens (tertiary/aromatic N) is 4. The number of halogens is 3. The second kappa shape index (κ2) is 12.4. The van der Waals surface area contributed by atoms with Gasteiger partial charge in [-0.05, 0) is 60.7 Å². The number of carbonyl (C=O) groups excluding carboxylic acids is 1. The average molecular weight is 735 g/mol. The molecule has 6 aromatic rings. The molecule has 0 atom stereocenters. The Labute approximate surface area is 269 Å².